The van der Waals surface area contributed by atoms with E-state index >= 15 is 0 Å². The number of guanidine groups is 1. The highest BCUT2D eigenvalue weighted by atomic mass is 32.2. The molecule has 1 unspecified atom stereocenters. The molecule has 0 bridgehead atoms. The Bertz CT molecular complexity index is 689. The normalized spacial score (nSPS) is 19.8. The number of nitrogens with zero attached hydrogens (tertiary/aromatic N) is 1. The van der Waals surface area contributed by atoms with Gasteiger partial charge in [-0.25, -0.2) is 8.42 Å². The molecule has 1 heterocycles. The van der Waals surface area contributed by atoms with Crippen LogP contribution in [0.3, 0.4) is 0 Å². The van der Waals surface area contributed by atoms with Gasteiger partial charge in [0, 0.05) is 19.6 Å². The number of methoxy groups -OCH3 is 1. The van der Waals surface area contributed by atoms with Gasteiger partial charge in [0.15, 0.2) is 27.3 Å². The van der Waals surface area contributed by atoms with Crippen LogP contribution in [0.4, 0.5) is 0 Å². The minimum absolute atomic E-state index is 0.0870. The molecule has 8 heteroatoms. The summed E-state index contributed by atoms with van der Waals surface area (Å²) in [5, 5.41) is 6.35. The van der Waals surface area contributed by atoms with Crippen LogP contribution in [0, 0.1) is 0 Å². The largest absolute Gasteiger partial charge is 0.493 e. The average Bonchev–Trinajstić information content (AvgIpc) is 2.91. The summed E-state index contributed by atoms with van der Waals surface area (Å²) in [7, 11) is 0.360. The number of hydrogen-bond donors (Lipinski definition) is 2. The summed E-state index contributed by atoms with van der Waals surface area (Å²) in [6.07, 6.45) is 0.611. The lowest BCUT2D eigenvalue weighted by atomic mass is 10.2. The van der Waals surface area contributed by atoms with Crippen LogP contribution in [0.1, 0.15) is 18.9 Å². The van der Waals surface area contributed by atoms with Crippen LogP contribution in [-0.2, 0) is 16.4 Å². The summed E-state index contributed by atoms with van der Waals surface area (Å²) in [6.45, 7) is 3.05. The maximum Gasteiger partial charge on any atom is 0.191 e. The zero-order chi connectivity index (χ0) is 17.6. The molecular formula is C16H25N3O4S. The average molecular weight is 355 g/mol. The molecule has 1 aliphatic rings. The first-order valence-electron chi connectivity index (χ1n) is 7.94. The van der Waals surface area contributed by atoms with Gasteiger partial charge in [-0.05, 0) is 31.0 Å². The van der Waals surface area contributed by atoms with Crippen molar-refractivity contribution in [1.82, 2.24) is 10.6 Å². The lowest BCUT2D eigenvalue weighted by molar-refractivity contribution is 0.310. The van der Waals surface area contributed by atoms with Crippen molar-refractivity contribution >= 4 is 15.8 Å². The highest BCUT2D eigenvalue weighted by Crippen LogP contribution is 2.27. The molecule has 1 aliphatic heterocycles. The molecule has 0 saturated carbocycles. The molecule has 1 aromatic carbocycles. The van der Waals surface area contributed by atoms with Crippen LogP contribution < -0.4 is 20.1 Å². The van der Waals surface area contributed by atoms with E-state index in [-0.39, 0.29) is 17.5 Å². The summed E-state index contributed by atoms with van der Waals surface area (Å²) >= 11 is 0. The van der Waals surface area contributed by atoms with Crippen molar-refractivity contribution in [2.24, 2.45) is 4.99 Å². The molecule has 2 rings (SSSR count). The molecule has 0 amide bonds. The number of aliphatic imine (C=N–C) groups is 1. The second-order valence-corrected chi connectivity index (χ2v) is 7.82. The summed E-state index contributed by atoms with van der Waals surface area (Å²) in [4.78, 5) is 4.15. The van der Waals surface area contributed by atoms with Gasteiger partial charge < -0.3 is 20.1 Å². The Balaban J connectivity index is 1.93. The summed E-state index contributed by atoms with van der Waals surface area (Å²) in [6, 6.07) is 5.65. The molecule has 134 valence electrons. The van der Waals surface area contributed by atoms with Gasteiger partial charge in [-0.2, -0.15) is 0 Å². The van der Waals surface area contributed by atoms with Crippen LogP contribution in [0.25, 0.3) is 0 Å². The quantitative estimate of drug-likeness (QED) is 0.583. The third-order valence-electron chi connectivity index (χ3n) is 3.78. The number of ether oxygens (including phenoxy) is 2. The third-order valence-corrected chi connectivity index (χ3v) is 5.55. The Labute approximate surface area is 143 Å². The molecule has 0 spiro atoms. The van der Waals surface area contributed by atoms with Crippen LogP contribution >= 0.6 is 0 Å². The first-order valence-corrected chi connectivity index (χ1v) is 9.77. The van der Waals surface area contributed by atoms with E-state index < -0.39 is 9.84 Å². The minimum atomic E-state index is -2.91. The van der Waals surface area contributed by atoms with Crippen molar-refractivity contribution in [2.75, 3.05) is 32.3 Å². The second kappa shape index (κ2) is 8.23. The molecule has 1 saturated heterocycles. The molecule has 0 radical (unpaired) electrons. The van der Waals surface area contributed by atoms with Gasteiger partial charge in [0.25, 0.3) is 0 Å². The first kappa shape index (κ1) is 18.4. The Morgan fingerprint density at radius 3 is 2.75 bits per heavy atom. The van der Waals surface area contributed by atoms with Gasteiger partial charge in [0.1, 0.15) is 0 Å². The van der Waals surface area contributed by atoms with E-state index in [4.69, 9.17) is 9.47 Å². The van der Waals surface area contributed by atoms with Crippen molar-refractivity contribution in [1.29, 1.82) is 0 Å². The van der Waals surface area contributed by atoms with E-state index in [9.17, 15) is 8.42 Å². The number of nitrogens with one attached hydrogen (secondary N) is 2. The van der Waals surface area contributed by atoms with Crippen LogP contribution in [0.5, 0.6) is 11.5 Å². The Hall–Kier alpha value is -1.96. The molecule has 1 fully saturated rings. The van der Waals surface area contributed by atoms with E-state index in [0.717, 1.165) is 5.56 Å². The summed E-state index contributed by atoms with van der Waals surface area (Å²) in [5.74, 6) is 2.37. The number of sulfone groups is 1. The maximum atomic E-state index is 11.5. The fourth-order valence-electron chi connectivity index (χ4n) is 2.58. The van der Waals surface area contributed by atoms with Crippen molar-refractivity contribution in [2.45, 2.75) is 25.9 Å². The van der Waals surface area contributed by atoms with Crippen molar-refractivity contribution < 1.29 is 17.9 Å². The van der Waals surface area contributed by atoms with Gasteiger partial charge >= 0.3 is 0 Å². The summed E-state index contributed by atoms with van der Waals surface area (Å²) < 4.78 is 33.9. The Morgan fingerprint density at radius 2 is 2.17 bits per heavy atom. The highest BCUT2D eigenvalue weighted by Gasteiger charge is 2.28. The van der Waals surface area contributed by atoms with Gasteiger partial charge in [0.2, 0.25) is 0 Å². The third kappa shape index (κ3) is 5.02. The Kier molecular flexibility index (Phi) is 6.30. The van der Waals surface area contributed by atoms with E-state index in [0.29, 0.717) is 37.0 Å². The number of hydrogen-bond acceptors (Lipinski definition) is 5. The molecular weight excluding hydrogens is 330 g/mol. The van der Waals surface area contributed by atoms with E-state index in [2.05, 4.69) is 15.6 Å². The Morgan fingerprint density at radius 1 is 1.38 bits per heavy atom. The van der Waals surface area contributed by atoms with Crippen LogP contribution in [0.15, 0.2) is 23.2 Å². The van der Waals surface area contributed by atoms with Crippen molar-refractivity contribution in [3.63, 3.8) is 0 Å². The van der Waals surface area contributed by atoms with Gasteiger partial charge in [-0.1, -0.05) is 6.07 Å². The minimum Gasteiger partial charge on any atom is -0.493 e. The predicted octanol–water partition coefficient (Wildman–Crippen LogP) is 0.946. The zero-order valence-electron chi connectivity index (χ0n) is 14.3. The molecule has 24 heavy (non-hydrogen) atoms. The molecule has 1 aromatic rings. The van der Waals surface area contributed by atoms with Gasteiger partial charge in [-0.15, -0.1) is 0 Å². The fraction of sp³-hybridized carbons (Fsp3) is 0.562. The number of benzene rings is 1. The van der Waals surface area contributed by atoms with Crippen LogP contribution in [-0.4, -0.2) is 52.7 Å². The van der Waals surface area contributed by atoms with Crippen molar-refractivity contribution in [3.8, 4) is 11.5 Å². The molecule has 0 aliphatic carbocycles. The smallest absolute Gasteiger partial charge is 0.191 e. The zero-order valence-corrected chi connectivity index (χ0v) is 15.1. The highest BCUT2D eigenvalue weighted by molar-refractivity contribution is 7.91. The molecule has 1 atom stereocenters. The molecule has 7 nitrogen and oxygen atoms in total. The topological polar surface area (TPSA) is 89.0 Å². The fourth-order valence-corrected chi connectivity index (χ4v) is 4.25. The van der Waals surface area contributed by atoms with Crippen LogP contribution in [0.2, 0.25) is 0 Å². The van der Waals surface area contributed by atoms with E-state index in [1.807, 2.05) is 25.1 Å². The first-order chi connectivity index (χ1) is 11.5. The maximum absolute atomic E-state index is 11.5. The van der Waals surface area contributed by atoms with Crippen molar-refractivity contribution in [3.05, 3.63) is 23.8 Å². The predicted molar refractivity (Wildman–Crippen MR) is 94.6 cm³/mol. The lowest BCUT2D eigenvalue weighted by Gasteiger charge is -2.17. The summed E-state index contributed by atoms with van der Waals surface area (Å²) in [5.41, 5.74) is 1.01. The van der Waals surface area contributed by atoms with E-state index in [1.54, 1.807) is 14.2 Å². The molecule has 0 aromatic heterocycles. The second-order valence-electron chi connectivity index (χ2n) is 5.59. The SMILES string of the molecule is CCOc1ccc(CNC(=NC)NC2CCS(=O)(=O)C2)cc1OC. The van der Waals surface area contributed by atoms with Gasteiger partial charge in [0.05, 0.1) is 25.2 Å². The van der Waals surface area contributed by atoms with E-state index in [1.165, 1.54) is 0 Å². The molecule has 2 N–H and O–H groups in total. The standard InChI is InChI=1S/C16H25N3O4S/c1-4-23-14-6-5-12(9-15(14)22-3)10-18-16(17-2)19-13-7-8-24(20,21)11-13/h5-6,9,13H,4,7-8,10-11H2,1-3H3,(H2,17,18,19). The van der Waals surface area contributed by atoms with Gasteiger partial charge in [-0.3, -0.25) is 4.99 Å². The number of rotatable bonds is 6. The monoisotopic (exact) mass is 355 g/mol. The lowest BCUT2D eigenvalue weighted by Crippen LogP contribution is -2.43.